The number of hydrogen-bond acceptors (Lipinski definition) is 1. The van der Waals surface area contributed by atoms with E-state index in [4.69, 9.17) is 0 Å². The number of fused-ring (bicyclic) bond motifs is 1. The zero-order valence-corrected chi connectivity index (χ0v) is 13.2. The third-order valence-corrected chi connectivity index (χ3v) is 5.37. The van der Waals surface area contributed by atoms with Gasteiger partial charge in [-0.05, 0) is 46.4 Å². The van der Waals surface area contributed by atoms with Crippen LogP contribution in [0.15, 0.2) is 12.1 Å². The van der Waals surface area contributed by atoms with Crippen molar-refractivity contribution in [3.05, 3.63) is 28.8 Å². The van der Waals surface area contributed by atoms with Gasteiger partial charge in [-0.15, -0.1) is 0 Å². The smallest absolute Gasteiger partial charge is 0.0393 e. The van der Waals surface area contributed by atoms with Crippen LogP contribution < -0.4 is 4.90 Å². The lowest BCUT2D eigenvalue weighted by atomic mass is 9.71. The van der Waals surface area contributed by atoms with E-state index < -0.39 is 0 Å². The minimum absolute atomic E-state index is 0.261. The number of nitrogens with zero attached hydrogens (tertiary/aromatic N) is 1. The van der Waals surface area contributed by atoms with Crippen molar-refractivity contribution in [2.24, 2.45) is 5.92 Å². The molecule has 100 valence electrons. The SMILES string of the molecule is Cc1cc2c(cc1N(C)C)C(C)(C)C(C)C2(C)C. The molecule has 0 saturated heterocycles. The molecule has 0 saturated carbocycles. The Kier molecular flexibility index (Phi) is 2.81. The molecule has 1 atom stereocenters. The fourth-order valence-corrected chi connectivity index (χ4v) is 3.61. The molecule has 1 nitrogen and oxygen atoms in total. The predicted molar refractivity (Wildman–Crippen MR) is 80.7 cm³/mol. The normalized spacial score (nSPS) is 23.9. The molecular weight excluding hydrogens is 218 g/mol. The van der Waals surface area contributed by atoms with Gasteiger partial charge in [0.15, 0.2) is 0 Å². The molecule has 0 radical (unpaired) electrons. The molecule has 0 amide bonds. The molecular formula is C17H27N. The standard InChI is InChI=1S/C17H27N/c1-11-9-13-14(10-15(11)18(7)8)17(5,6)12(2)16(13,3)4/h9-10,12H,1-8H3. The maximum absolute atomic E-state index is 2.41. The van der Waals surface area contributed by atoms with Crippen LogP contribution in [0.3, 0.4) is 0 Å². The zero-order valence-electron chi connectivity index (χ0n) is 13.2. The van der Waals surface area contributed by atoms with Crippen LogP contribution in [-0.4, -0.2) is 14.1 Å². The van der Waals surface area contributed by atoms with Crippen LogP contribution in [0.5, 0.6) is 0 Å². The summed E-state index contributed by atoms with van der Waals surface area (Å²) in [5, 5.41) is 0. The Bertz CT molecular complexity index is 481. The molecule has 0 bridgehead atoms. The zero-order chi connectivity index (χ0) is 13.9. The van der Waals surface area contributed by atoms with E-state index in [2.05, 4.69) is 72.7 Å². The van der Waals surface area contributed by atoms with Gasteiger partial charge in [0.1, 0.15) is 0 Å². The van der Waals surface area contributed by atoms with Gasteiger partial charge in [0.05, 0.1) is 0 Å². The predicted octanol–water partition coefficient (Wildman–Crippen LogP) is 4.27. The largest absolute Gasteiger partial charge is 0.377 e. The first-order chi connectivity index (χ1) is 8.10. The fourth-order valence-electron chi connectivity index (χ4n) is 3.61. The van der Waals surface area contributed by atoms with E-state index in [1.165, 1.54) is 16.8 Å². The summed E-state index contributed by atoms with van der Waals surface area (Å²) < 4.78 is 0. The van der Waals surface area contributed by atoms with Crippen LogP contribution in [0.25, 0.3) is 0 Å². The molecule has 0 aliphatic heterocycles. The molecule has 1 aliphatic rings. The van der Waals surface area contributed by atoms with Gasteiger partial charge < -0.3 is 4.90 Å². The second kappa shape index (κ2) is 3.76. The topological polar surface area (TPSA) is 3.24 Å². The van der Waals surface area contributed by atoms with E-state index in [1.54, 1.807) is 5.56 Å². The molecule has 1 aromatic rings. The molecule has 1 unspecified atom stereocenters. The number of rotatable bonds is 1. The van der Waals surface area contributed by atoms with Crippen molar-refractivity contribution in [2.75, 3.05) is 19.0 Å². The molecule has 0 fully saturated rings. The highest BCUT2D eigenvalue weighted by atomic mass is 15.1. The van der Waals surface area contributed by atoms with Crippen LogP contribution >= 0.6 is 0 Å². The maximum Gasteiger partial charge on any atom is 0.0393 e. The first kappa shape index (κ1) is 13.5. The van der Waals surface area contributed by atoms with Gasteiger partial charge >= 0.3 is 0 Å². The minimum atomic E-state index is 0.261. The van der Waals surface area contributed by atoms with Gasteiger partial charge in [0.2, 0.25) is 0 Å². The summed E-state index contributed by atoms with van der Waals surface area (Å²) in [6.07, 6.45) is 0. The van der Waals surface area contributed by atoms with E-state index in [-0.39, 0.29) is 10.8 Å². The Morgan fingerprint density at radius 2 is 1.39 bits per heavy atom. The van der Waals surface area contributed by atoms with Crippen LogP contribution in [0, 0.1) is 12.8 Å². The van der Waals surface area contributed by atoms with E-state index >= 15 is 0 Å². The van der Waals surface area contributed by atoms with E-state index in [9.17, 15) is 0 Å². The van der Waals surface area contributed by atoms with Gasteiger partial charge in [-0.1, -0.05) is 40.7 Å². The molecule has 1 aliphatic carbocycles. The molecule has 2 rings (SSSR count). The first-order valence-electron chi connectivity index (χ1n) is 6.93. The molecule has 0 heterocycles. The van der Waals surface area contributed by atoms with Crippen molar-refractivity contribution in [2.45, 2.75) is 52.4 Å². The Hall–Kier alpha value is -0.980. The van der Waals surface area contributed by atoms with Crippen LogP contribution in [0.1, 0.15) is 51.3 Å². The van der Waals surface area contributed by atoms with Gasteiger partial charge in [0, 0.05) is 19.8 Å². The fraction of sp³-hybridized carbons (Fsp3) is 0.647. The third kappa shape index (κ3) is 1.60. The lowest BCUT2D eigenvalue weighted by Gasteiger charge is -2.32. The van der Waals surface area contributed by atoms with Crippen molar-refractivity contribution >= 4 is 5.69 Å². The van der Waals surface area contributed by atoms with Gasteiger partial charge in [0.25, 0.3) is 0 Å². The number of anilines is 1. The second-order valence-corrected chi connectivity index (χ2v) is 7.24. The van der Waals surface area contributed by atoms with Crippen molar-refractivity contribution in [3.63, 3.8) is 0 Å². The molecule has 0 spiro atoms. The van der Waals surface area contributed by atoms with Crippen molar-refractivity contribution in [1.29, 1.82) is 0 Å². The number of aryl methyl sites for hydroxylation is 1. The maximum atomic E-state index is 2.41. The third-order valence-electron chi connectivity index (χ3n) is 5.37. The quantitative estimate of drug-likeness (QED) is 0.714. The monoisotopic (exact) mass is 245 g/mol. The minimum Gasteiger partial charge on any atom is -0.377 e. The van der Waals surface area contributed by atoms with Crippen molar-refractivity contribution in [3.8, 4) is 0 Å². The van der Waals surface area contributed by atoms with E-state index in [0.29, 0.717) is 5.92 Å². The molecule has 0 aromatic heterocycles. The van der Waals surface area contributed by atoms with Gasteiger partial charge in [-0.25, -0.2) is 0 Å². The van der Waals surface area contributed by atoms with E-state index in [1.807, 2.05) is 0 Å². The van der Waals surface area contributed by atoms with Gasteiger partial charge in [-0.2, -0.15) is 0 Å². The summed E-state index contributed by atoms with van der Waals surface area (Å²) in [5.74, 6) is 0.664. The highest BCUT2D eigenvalue weighted by molar-refractivity contribution is 5.61. The molecule has 18 heavy (non-hydrogen) atoms. The van der Waals surface area contributed by atoms with Gasteiger partial charge in [-0.3, -0.25) is 0 Å². The van der Waals surface area contributed by atoms with Crippen molar-refractivity contribution < 1.29 is 0 Å². The summed E-state index contributed by atoms with van der Waals surface area (Å²) in [6.45, 7) is 14.2. The highest BCUT2D eigenvalue weighted by Crippen LogP contribution is 2.54. The molecule has 0 N–H and O–H groups in total. The van der Waals surface area contributed by atoms with Crippen molar-refractivity contribution in [1.82, 2.24) is 0 Å². The Morgan fingerprint density at radius 3 is 1.83 bits per heavy atom. The van der Waals surface area contributed by atoms with E-state index in [0.717, 1.165) is 0 Å². The first-order valence-corrected chi connectivity index (χ1v) is 6.93. The summed E-state index contributed by atoms with van der Waals surface area (Å²) in [7, 11) is 4.26. The Morgan fingerprint density at radius 1 is 0.944 bits per heavy atom. The van der Waals surface area contributed by atoms with Crippen LogP contribution in [-0.2, 0) is 10.8 Å². The summed E-state index contributed by atoms with van der Waals surface area (Å²) in [4.78, 5) is 2.22. The average Bonchev–Trinajstić information content (AvgIpc) is 2.37. The van der Waals surface area contributed by atoms with Crippen LogP contribution in [0.4, 0.5) is 5.69 Å². The number of hydrogen-bond donors (Lipinski definition) is 0. The lowest BCUT2D eigenvalue weighted by Crippen LogP contribution is -2.30. The Balaban J connectivity index is 2.72. The molecule has 1 aromatic carbocycles. The molecule has 1 heteroatoms. The van der Waals surface area contributed by atoms with Crippen LogP contribution in [0.2, 0.25) is 0 Å². The summed E-state index contributed by atoms with van der Waals surface area (Å²) >= 11 is 0. The highest BCUT2D eigenvalue weighted by Gasteiger charge is 2.48. The lowest BCUT2D eigenvalue weighted by molar-refractivity contribution is 0.264. The Labute approximate surface area is 112 Å². The summed E-state index contributed by atoms with van der Waals surface area (Å²) in [5.41, 5.74) is 6.35. The average molecular weight is 245 g/mol. The summed E-state index contributed by atoms with van der Waals surface area (Å²) in [6, 6.07) is 4.83. The second-order valence-electron chi connectivity index (χ2n) is 7.24. The number of benzene rings is 1.